The number of rotatable bonds is 4. The molecule has 7 nitrogen and oxygen atoms in total. The number of ether oxygens (including phenoxy) is 2. The van der Waals surface area contributed by atoms with E-state index in [4.69, 9.17) is 9.47 Å². The third kappa shape index (κ3) is 2.98. The van der Waals surface area contributed by atoms with Gasteiger partial charge in [-0.1, -0.05) is 30.3 Å². The standard InChI is InChI=1S/C21H20N4O3/c26-21(22-12-14-7-8-17-18(11-14)28-13-27-17)19-15-5-1-2-6-16(15)20(24-23-19)25-9-3-4-10-25/h1-2,5-8,11H,3-4,9-10,12-13H2,(H,22,26). The number of nitrogens with zero attached hydrogens (tertiary/aromatic N) is 3. The number of carbonyl (C=O) groups excluding carboxylic acids is 1. The van der Waals surface area contributed by atoms with Crippen molar-refractivity contribution in [2.24, 2.45) is 0 Å². The fraction of sp³-hybridized carbons (Fsp3) is 0.286. The summed E-state index contributed by atoms with van der Waals surface area (Å²) < 4.78 is 10.7. The molecule has 0 radical (unpaired) electrons. The van der Waals surface area contributed by atoms with Crippen LogP contribution in [0.1, 0.15) is 28.9 Å². The first-order valence-electron chi connectivity index (χ1n) is 9.47. The Morgan fingerprint density at radius 1 is 1.00 bits per heavy atom. The summed E-state index contributed by atoms with van der Waals surface area (Å²) in [5, 5.41) is 13.4. The Labute approximate surface area is 162 Å². The van der Waals surface area contributed by atoms with Gasteiger partial charge in [-0.3, -0.25) is 4.79 Å². The maximum atomic E-state index is 12.8. The number of carbonyl (C=O) groups is 1. The van der Waals surface area contributed by atoms with Crippen molar-refractivity contribution in [1.82, 2.24) is 15.5 Å². The molecule has 142 valence electrons. The largest absolute Gasteiger partial charge is 0.454 e. The van der Waals surface area contributed by atoms with Gasteiger partial charge in [-0.2, -0.15) is 0 Å². The van der Waals surface area contributed by atoms with Crippen LogP contribution in [0.4, 0.5) is 5.82 Å². The normalized spacial score (nSPS) is 15.2. The zero-order valence-electron chi connectivity index (χ0n) is 15.4. The number of anilines is 1. The molecule has 0 bridgehead atoms. The molecule has 7 heteroatoms. The van der Waals surface area contributed by atoms with Gasteiger partial charge in [-0.15, -0.1) is 10.2 Å². The average molecular weight is 376 g/mol. The Bertz CT molecular complexity index is 1050. The van der Waals surface area contributed by atoms with Crippen LogP contribution in [0.3, 0.4) is 0 Å². The summed E-state index contributed by atoms with van der Waals surface area (Å²) in [4.78, 5) is 15.1. The maximum Gasteiger partial charge on any atom is 0.272 e. The van der Waals surface area contributed by atoms with Gasteiger partial charge in [-0.25, -0.2) is 0 Å². The minimum Gasteiger partial charge on any atom is -0.454 e. The zero-order chi connectivity index (χ0) is 18.9. The van der Waals surface area contributed by atoms with Gasteiger partial charge in [0.1, 0.15) is 0 Å². The van der Waals surface area contributed by atoms with Gasteiger partial charge in [0.05, 0.1) is 0 Å². The molecule has 28 heavy (non-hydrogen) atoms. The molecular weight excluding hydrogens is 356 g/mol. The summed E-state index contributed by atoms with van der Waals surface area (Å²) in [5.74, 6) is 2.05. The van der Waals surface area contributed by atoms with Crippen LogP contribution in [0.5, 0.6) is 11.5 Å². The number of fused-ring (bicyclic) bond motifs is 2. The van der Waals surface area contributed by atoms with E-state index in [1.807, 2.05) is 42.5 Å². The van der Waals surface area contributed by atoms with E-state index in [-0.39, 0.29) is 12.7 Å². The van der Waals surface area contributed by atoms with Gasteiger partial charge in [-0.05, 0) is 30.5 Å². The predicted octanol–water partition coefficient (Wildman–Crippen LogP) is 2.89. The maximum absolute atomic E-state index is 12.8. The monoisotopic (exact) mass is 376 g/mol. The number of amides is 1. The molecule has 1 N–H and O–H groups in total. The molecule has 0 atom stereocenters. The summed E-state index contributed by atoms with van der Waals surface area (Å²) in [5.41, 5.74) is 1.28. The topological polar surface area (TPSA) is 76.6 Å². The van der Waals surface area contributed by atoms with Crippen molar-refractivity contribution in [2.45, 2.75) is 19.4 Å². The smallest absolute Gasteiger partial charge is 0.272 e. The molecule has 0 saturated carbocycles. The quantitative estimate of drug-likeness (QED) is 0.755. The Morgan fingerprint density at radius 2 is 1.79 bits per heavy atom. The lowest BCUT2D eigenvalue weighted by atomic mass is 10.1. The van der Waals surface area contributed by atoms with E-state index < -0.39 is 0 Å². The SMILES string of the molecule is O=C(NCc1ccc2c(c1)OCO2)c1nnc(N2CCCC2)c2ccccc12. The summed E-state index contributed by atoms with van der Waals surface area (Å²) >= 11 is 0. The van der Waals surface area contributed by atoms with E-state index in [9.17, 15) is 4.79 Å². The van der Waals surface area contributed by atoms with Crippen molar-refractivity contribution in [1.29, 1.82) is 0 Å². The number of nitrogens with one attached hydrogen (secondary N) is 1. The van der Waals surface area contributed by atoms with Crippen molar-refractivity contribution in [3.05, 3.63) is 53.7 Å². The number of hydrogen-bond donors (Lipinski definition) is 1. The molecule has 5 rings (SSSR count). The minimum atomic E-state index is -0.241. The second-order valence-corrected chi connectivity index (χ2v) is 6.98. The lowest BCUT2D eigenvalue weighted by Gasteiger charge is -2.18. The molecule has 3 heterocycles. The fourth-order valence-electron chi connectivity index (χ4n) is 3.74. The van der Waals surface area contributed by atoms with Crippen molar-refractivity contribution in [2.75, 3.05) is 24.8 Å². The van der Waals surface area contributed by atoms with Crippen LogP contribution in [-0.4, -0.2) is 36.0 Å². The molecule has 3 aromatic rings. The Kier molecular flexibility index (Phi) is 4.20. The minimum absolute atomic E-state index is 0.232. The van der Waals surface area contributed by atoms with Crippen molar-refractivity contribution in [3.8, 4) is 11.5 Å². The highest BCUT2D eigenvalue weighted by Crippen LogP contribution is 2.32. The number of aromatic nitrogens is 2. The van der Waals surface area contributed by atoms with E-state index in [0.717, 1.165) is 53.8 Å². The van der Waals surface area contributed by atoms with Crippen LogP contribution in [0.2, 0.25) is 0 Å². The predicted molar refractivity (Wildman–Crippen MR) is 105 cm³/mol. The molecular formula is C21H20N4O3. The van der Waals surface area contributed by atoms with Crippen molar-refractivity contribution in [3.63, 3.8) is 0 Å². The fourth-order valence-corrected chi connectivity index (χ4v) is 3.74. The van der Waals surface area contributed by atoms with E-state index in [1.54, 1.807) is 0 Å². The first-order valence-corrected chi connectivity index (χ1v) is 9.47. The molecule has 2 aromatic carbocycles. The Balaban J connectivity index is 1.39. The van der Waals surface area contributed by atoms with Gasteiger partial charge in [0.25, 0.3) is 5.91 Å². The van der Waals surface area contributed by atoms with Crippen molar-refractivity contribution < 1.29 is 14.3 Å². The van der Waals surface area contributed by atoms with Crippen LogP contribution < -0.4 is 19.7 Å². The summed E-state index contributed by atoms with van der Waals surface area (Å²) in [7, 11) is 0. The van der Waals surface area contributed by atoms with E-state index in [2.05, 4.69) is 20.4 Å². The van der Waals surface area contributed by atoms with Gasteiger partial charge in [0, 0.05) is 30.4 Å². The summed E-state index contributed by atoms with van der Waals surface area (Å²) in [6.45, 7) is 2.57. The second kappa shape index (κ2) is 6.99. The van der Waals surface area contributed by atoms with Crippen LogP contribution in [0.25, 0.3) is 10.8 Å². The molecule has 1 amide bonds. The molecule has 1 aromatic heterocycles. The van der Waals surface area contributed by atoms with Crippen molar-refractivity contribution >= 4 is 22.5 Å². The molecule has 0 spiro atoms. The van der Waals surface area contributed by atoms with Gasteiger partial charge < -0.3 is 19.7 Å². The van der Waals surface area contributed by atoms with Crippen LogP contribution in [0.15, 0.2) is 42.5 Å². The first-order chi connectivity index (χ1) is 13.8. The third-order valence-corrected chi connectivity index (χ3v) is 5.18. The van der Waals surface area contributed by atoms with E-state index in [0.29, 0.717) is 18.0 Å². The second-order valence-electron chi connectivity index (χ2n) is 6.98. The number of benzene rings is 2. The van der Waals surface area contributed by atoms with Gasteiger partial charge in [0.2, 0.25) is 6.79 Å². The Morgan fingerprint density at radius 3 is 2.64 bits per heavy atom. The lowest BCUT2D eigenvalue weighted by Crippen LogP contribution is -2.26. The zero-order valence-corrected chi connectivity index (χ0v) is 15.4. The highest BCUT2D eigenvalue weighted by molar-refractivity contribution is 6.07. The van der Waals surface area contributed by atoms with E-state index >= 15 is 0 Å². The highest BCUT2D eigenvalue weighted by Gasteiger charge is 2.21. The summed E-state index contributed by atoms with van der Waals surface area (Å²) in [6, 6.07) is 13.5. The van der Waals surface area contributed by atoms with Crippen LogP contribution in [-0.2, 0) is 6.54 Å². The van der Waals surface area contributed by atoms with Gasteiger partial charge in [0.15, 0.2) is 23.0 Å². The highest BCUT2D eigenvalue weighted by atomic mass is 16.7. The average Bonchev–Trinajstić information content (AvgIpc) is 3.42. The molecule has 0 unspecified atom stereocenters. The van der Waals surface area contributed by atoms with Crippen LogP contribution in [0, 0.1) is 0 Å². The molecule has 1 fully saturated rings. The summed E-state index contributed by atoms with van der Waals surface area (Å²) in [6.07, 6.45) is 2.32. The molecule has 1 saturated heterocycles. The van der Waals surface area contributed by atoms with E-state index in [1.165, 1.54) is 0 Å². The molecule has 0 aliphatic carbocycles. The molecule has 2 aliphatic heterocycles. The number of hydrogen-bond acceptors (Lipinski definition) is 6. The Hall–Kier alpha value is -3.35. The van der Waals surface area contributed by atoms with Gasteiger partial charge >= 0.3 is 0 Å². The lowest BCUT2D eigenvalue weighted by molar-refractivity contribution is 0.0946. The molecule has 2 aliphatic rings. The first kappa shape index (κ1) is 16.8. The third-order valence-electron chi connectivity index (χ3n) is 5.18. The van der Waals surface area contributed by atoms with Crippen LogP contribution >= 0.6 is 0 Å².